The van der Waals surface area contributed by atoms with E-state index in [4.69, 9.17) is 5.11 Å². The minimum atomic E-state index is -4.57. The zero-order valence-corrected chi connectivity index (χ0v) is 11.5. The first-order valence-electron chi connectivity index (χ1n) is 5.51. The average molecular weight is 329 g/mol. The highest BCUT2D eigenvalue weighted by atomic mass is 32.2. The van der Waals surface area contributed by atoms with Gasteiger partial charge in [-0.3, -0.25) is 0 Å². The lowest BCUT2D eigenvalue weighted by Crippen LogP contribution is -2.31. The van der Waals surface area contributed by atoms with Gasteiger partial charge >= 0.3 is 12.1 Å². The number of aromatic carboxylic acids is 1. The Hall–Kier alpha value is -1.68. The van der Waals surface area contributed by atoms with Crippen LogP contribution in [0.3, 0.4) is 0 Å². The molecule has 0 aromatic heterocycles. The van der Waals surface area contributed by atoms with E-state index in [0.717, 1.165) is 19.2 Å². The summed E-state index contributed by atoms with van der Waals surface area (Å²) in [5.74, 6) is -2.64. The lowest BCUT2D eigenvalue weighted by atomic mass is 10.2. The van der Waals surface area contributed by atoms with Gasteiger partial charge in [0.1, 0.15) is 5.82 Å². The molecule has 0 radical (unpaired) electrons. The predicted molar refractivity (Wildman–Crippen MR) is 63.8 cm³/mol. The number of carboxylic acids is 1. The fourth-order valence-electron chi connectivity index (χ4n) is 1.46. The Bertz CT molecular complexity index is 642. The summed E-state index contributed by atoms with van der Waals surface area (Å²) in [5, 5.41) is 8.88. The number of hydrogen-bond donors (Lipinski definition) is 1. The van der Waals surface area contributed by atoms with Crippen LogP contribution in [0.4, 0.5) is 17.6 Å². The van der Waals surface area contributed by atoms with E-state index in [0.29, 0.717) is 10.4 Å². The number of halogens is 4. The predicted octanol–water partition coefficient (Wildman–Crippen LogP) is 2.10. The van der Waals surface area contributed by atoms with E-state index in [-0.39, 0.29) is 0 Å². The van der Waals surface area contributed by atoms with Crippen LogP contribution in [0.2, 0.25) is 0 Å². The molecular formula is C11H11F4NO4S. The van der Waals surface area contributed by atoms with Crippen molar-refractivity contribution in [1.29, 1.82) is 0 Å². The lowest BCUT2D eigenvalue weighted by Gasteiger charge is -2.19. The summed E-state index contributed by atoms with van der Waals surface area (Å²) in [6.07, 6.45) is -5.97. The minimum Gasteiger partial charge on any atom is -0.478 e. The first-order valence-corrected chi connectivity index (χ1v) is 6.95. The van der Waals surface area contributed by atoms with Crippen LogP contribution in [0.25, 0.3) is 0 Å². The van der Waals surface area contributed by atoms with E-state index in [1.54, 1.807) is 0 Å². The Kier molecular flexibility index (Phi) is 4.95. The van der Waals surface area contributed by atoms with Crippen LogP contribution in [0.15, 0.2) is 23.1 Å². The van der Waals surface area contributed by atoms with Crippen molar-refractivity contribution in [2.75, 3.05) is 13.6 Å². The van der Waals surface area contributed by atoms with E-state index in [1.807, 2.05) is 0 Å². The van der Waals surface area contributed by atoms with Crippen LogP contribution in [-0.4, -0.2) is 43.6 Å². The molecule has 1 N–H and O–H groups in total. The van der Waals surface area contributed by atoms with Gasteiger partial charge in [-0.1, -0.05) is 0 Å². The van der Waals surface area contributed by atoms with Crippen molar-refractivity contribution in [2.24, 2.45) is 0 Å². The van der Waals surface area contributed by atoms with Gasteiger partial charge in [0.05, 0.1) is 16.9 Å². The van der Waals surface area contributed by atoms with Crippen LogP contribution in [0.1, 0.15) is 16.8 Å². The highest BCUT2D eigenvalue weighted by molar-refractivity contribution is 7.89. The van der Waals surface area contributed by atoms with Crippen molar-refractivity contribution in [3.05, 3.63) is 29.6 Å². The van der Waals surface area contributed by atoms with E-state index in [9.17, 15) is 30.8 Å². The van der Waals surface area contributed by atoms with Gasteiger partial charge in [0, 0.05) is 13.6 Å². The molecule has 1 aromatic carbocycles. The molecule has 0 atom stereocenters. The third kappa shape index (κ3) is 4.39. The number of hydrogen-bond acceptors (Lipinski definition) is 3. The van der Waals surface area contributed by atoms with Crippen LogP contribution >= 0.6 is 0 Å². The van der Waals surface area contributed by atoms with Gasteiger partial charge in [-0.2, -0.15) is 13.2 Å². The average Bonchev–Trinajstić information content (AvgIpc) is 2.34. The fraction of sp³-hybridized carbons (Fsp3) is 0.364. The number of benzene rings is 1. The third-order valence-electron chi connectivity index (χ3n) is 2.57. The molecule has 0 aliphatic carbocycles. The fourth-order valence-corrected chi connectivity index (χ4v) is 2.82. The molecule has 0 amide bonds. The zero-order chi connectivity index (χ0) is 16.4. The molecule has 0 aliphatic heterocycles. The van der Waals surface area contributed by atoms with Crippen LogP contribution in [0, 0.1) is 5.82 Å². The monoisotopic (exact) mass is 329 g/mol. The van der Waals surface area contributed by atoms with E-state index in [2.05, 4.69) is 0 Å². The quantitative estimate of drug-likeness (QED) is 0.840. The van der Waals surface area contributed by atoms with Crippen LogP contribution in [0.5, 0.6) is 0 Å². The number of alkyl halides is 3. The molecule has 0 heterocycles. The Morgan fingerprint density at radius 1 is 1.33 bits per heavy atom. The Morgan fingerprint density at radius 3 is 2.38 bits per heavy atom. The standard InChI is InChI=1S/C11H11F4NO4S/c1-16(5-4-11(13,14)15)21(19,20)9-6-7(12)2-3-8(9)10(17)18/h2-3,6H,4-5H2,1H3,(H,17,18). The second-order valence-electron chi connectivity index (χ2n) is 4.14. The second kappa shape index (κ2) is 5.98. The normalized spacial score (nSPS) is 12.7. The maximum atomic E-state index is 13.1. The van der Waals surface area contributed by atoms with Gasteiger partial charge in [0.25, 0.3) is 0 Å². The number of sulfonamides is 1. The van der Waals surface area contributed by atoms with E-state index >= 15 is 0 Å². The van der Waals surface area contributed by atoms with Gasteiger partial charge in [-0.25, -0.2) is 21.9 Å². The van der Waals surface area contributed by atoms with Gasteiger partial charge in [0.2, 0.25) is 10.0 Å². The molecule has 0 bridgehead atoms. The van der Waals surface area contributed by atoms with Crippen LogP contribution < -0.4 is 0 Å². The van der Waals surface area contributed by atoms with Crippen molar-refractivity contribution < 1.29 is 35.9 Å². The lowest BCUT2D eigenvalue weighted by molar-refractivity contribution is -0.135. The number of rotatable bonds is 5. The molecule has 0 saturated carbocycles. The first-order chi connectivity index (χ1) is 9.45. The summed E-state index contributed by atoms with van der Waals surface area (Å²) in [5.41, 5.74) is -0.713. The SMILES string of the molecule is CN(CCC(F)(F)F)S(=O)(=O)c1cc(F)ccc1C(=O)O. The summed E-state index contributed by atoms with van der Waals surface area (Å²) >= 11 is 0. The molecule has 118 valence electrons. The number of carbonyl (C=O) groups is 1. The minimum absolute atomic E-state index is 0.335. The smallest absolute Gasteiger partial charge is 0.390 e. The summed E-state index contributed by atoms with van der Waals surface area (Å²) < 4.78 is 73.9. The van der Waals surface area contributed by atoms with Crippen LogP contribution in [-0.2, 0) is 10.0 Å². The highest BCUT2D eigenvalue weighted by Crippen LogP contribution is 2.24. The van der Waals surface area contributed by atoms with E-state index in [1.165, 1.54) is 0 Å². The number of carboxylic acid groups (broad SMARTS) is 1. The molecule has 1 aromatic rings. The molecule has 0 aliphatic rings. The Morgan fingerprint density at radius 2 is 1.90 bits per heavy atom. The van der Waals surface area contributed by atoms with Gasteiger partial charge in [-0.05, 0) is 18.2 Å². The molecule has 0 saturated heterocycles. The summed E-state index contributed by atoms with van der Waals surface area (Å²) in [6, 6.07) is 1.95. The first kappa shape index (κ1) is 17.4. The van der Waals surface area contributed by atoms with Crippen molar-refractivity contribution in [2.45, 2.75) is 17.5 Å². The van der Waals surface area contributed by atoms with Gasteiger partial charge in [0.15, 0.2) is 0 Å². The Labute approximate surface area is 117 Å². The molecule has 0 spiro atoms. The number of nitrogens with zero attached hydrogens (tertiary/aromatic N) is 1. The summed E-state index contributed by atoms with van der Waals surface area (Å²) in [4.78, 5) is 10.0. The van der Waals surface area contributed by atoms with Gasteiger partial charge in [-0.15, -0.1) is 0 Å². The van der Waals surface area contributed by atoms with Crippen molar-refractivity contribution in [3.63, 3.8) is 0 Å². The third-order valence-corrected chi connectivity index (χ3v) is 4.47. The molecule has 21 heavy (non-hydrogen) atoms. The molecule has 0 fully saturated rings. The molecular weight excluding hydrogens is 318 g/mol. The maximum Gasteiger partial charge on any atom is 0.390 e. The summed E-state index contributed by atoms with van der Waals surface area (Å²) in [7, 11) is -3.69. The molecule has 1 rings (SSSR count). The molecule has 10 heteroatoms. The maximum absolute atomic E-state index is 13.1. The van der Waals surface area contributed by atoms with E-state index < -0.39 is 51.4 Å². The largest absolute Gasteiger partial charge is 0.478 e. The topological polar surface area (TPSA) is 74.7 Å². The molecule has 5 nitrogen and oxygen atoms in total. The zero-order valence-electron chi connectivity index (χ0n) is 10.7. The van der Waals surface area contributed by atoms with Crippen molar-refractivity contribution in [1.82, 2.24) is 4.31 Å². The summed E-state index contributed by atoms with van der Waals surface area (Å²) in [6.45, 7) is -0.901. The molecule has 0 unspecified atom stereocenters. The van der Waals surface area contributed by atoms with Crippen molar-refractivity contribution in [3.8, 4) is 0 Å². The second-order valence-corrected chi connectivity index (χ2v) is 6.15. The highest BCUT2D eigenvalue weighted by Gasteiger charge is 2.32. The van der Waals surface area contributed by atoms with Crippen molar-refractivity contribution >= 4 is 16.0 Å². The Balaban J connectivity index is 3.18. The van der Waals surface area contributed by atoms with Gasteiger partial charge < -0.3 is 5.11 Å².